The summed E-state index contributed by atoms with van der Waals surface area (Å²) in [6.45, 7) is 0. The predicted molar refractivity (Wildman–Crippen MR) is 88.8 cm³/mol. The number of hydrogen-bond donors (Lipinski definition) is 2. The van der Waals surface area contributed by atoms with Gasteiger partial charge in [0, 0.05) is 10.2 Å². The van der Waals surface area contributed by atoms with Crippen LogP contribution in [0.15, 0.2) is 40.9 Å². The van der Waals surface area contributed by atoms with E-state index in [0.29, 0.717) is 11.4 Å². The summed E-state index contributed by atoms with van der Waals surface area (Å²) >= 11 is 9.59. The minimum absolute atomic E-state index is 0.0385. The zero-order valence-corrected chi connectivity index (χ0v) is 13.8. The first-order valence-electron chi connectivity index (χ1n) is 6.63. The van der Waals surface area contributed by atoms with Gasteiger partial charge in [0.25, 0.3) is 0 Å². The molecule has 2 aromatic carbocycles. The zero-order valence-electron chi connectivity index (χ0n) is 11.4. The number of halogens is 2. The van der Waals surface area contributed by atoms with E-state index in [2.05, 4.69) is 32.6 Å². The normalized spacial score (nSPS) is 14.7. The third-order valence-corrected chi connectivity index (χ3v) is 4.89. The quantitative estimate of drug-likeness (QED) is 0.866. The van der Waals surface area contributed by atoms with Crippen LogP contribution in [-0.2, 0) is 11.2 Å². The fourth-order valence-electron chi connectivity index (χ4n) is 2.65. The summed E-state index contributed by atoms with van der Waals surface area (Å²) in [6, 6.07) is 12.0. The fourth-order valence-corrected chi connectivity index (χ4v) is 3.08. The highest BCUT2D eigenvalue weighted by Gasteiger charge is 2.20. The van der Waals surface area contributed by atoms with Crippen LogP contribution in [0.25, 0.3) is 0 Å². The summed E-state index contributed by atoms with van der Waals surface area (Å²) in [5.74, 6) is 0.0508. The molecule has 5 heteroatoms. The Morgan fingerprint density at radius 2 is 1.95 bits per heavy atom. The molecule has 21 heavy (non-hydrogen) atoms. The second-order valence-electron chi connectivity index (χ2n) is 5.04. The maximum absolute atomic E-state index is 11.5. The van der Waals surface area contributed by atoms with Gasteiger partial charge in [-0.05, 0) is 57.9 Å². The van der Waals surface area contributed by atoms with Gasteiger partial charge in [-0.25, -0.2) is 0 Å². The molecule has 2 N–H and O–H groups in total. The number of carbonyl (C=O) groups excluding carboxylic acids is 1. The minimum atomic E-state index is 0.0385. The maximum Gasteiger partial charge on any atom is 0.228 e. The average molecular weight is 366 g/mol. The molecule has 0 spiro atoms. The standard InChI is InChI=1S/C16H14BrClN2O/c1-19-16(10-2-4-12(17)13(18)7-10)9-3-5-14-11(6-9)8-15(21)20-14/h2-7,16,19H,8H2,1H3,(H,20,21). The Kier molecular flexibility index (Phi) is 4.02. The molecule has 0 saturated heterocycles. The lowest BCUT2D eigenvalue weighted by Crippen LogP contribution is -2.17. The molecular formula is C16H14BrClN2O. The SMILES string of the molecule is CNC(c1ccc(Br)c(Cl)c1)c1ccc2c(c1)CC(=O)N2. The first-order valence-corrected chi connectivity index (χ1v) is 7.80. The van der Waals surface area contributed by atoms with E-state index in [0.717, 1.165) is 26.9 Å². The van der Waals surface area contributed by atoms with Gasteiger partial charge in [-0.1, -0.05) is 29.8 Å². The Bertz CT molecular complexity index is 717. The van der Waals surface area contributed by atoms with Crippen molar-refractivity contribution in [2.24, 2.45) is 0 Å². The number of amides is 1. The van der Waals surface area contributed by atoms with E-state index >= 15 is 0 Å². The van der Waals surface area contributed by atoms with Crippen LogP contribution in [0.2, 0.25) is 5.02 Å². The highest BCUT2D eigenvalue weighted by atomic mass is 79.9. The molecule has 2 aromatic rings. The Morgan fingerprint density at radius 3 is 2.67 bits per heavy atom. The van der Waals surface area contributed by atoms with Crippen molar-refractivity contribution in [2.75, 3.05) is 12.4 Å². The lowest BCUT2D eigenvalue weighted by molar-refractivity contribution is -0.115. The van der Waals surface area contributed by atoms with Crippen molar-refractivity contribution < 1.29 is 4.79 Å². The molecule has 0 aromatic heterocycles. The molecule has 1 heterocycles. The van der Waals surface area contributed by atoms with Gasteiger partial charge >= 0.3 is 0 Å². The number of benzene rings is 2. The molecule has 3 rings (SSSR count). The molecule has 0 saturated carbocycles. The van der Waals surface area contributed by atoms with Crippen LogP contribution < -0.4 is 10.6 Å². The van der Waals surface area contributed by atoms with E-state index in [4.69, 9.17) is 11.6 Å². The van der Waals surface area contributed by atoms with Crippen LogP contribution in [0, 0.1) is 0 Å². The highest BCUT2D eigenvalue weighted by Crippen LogP contribution is 2.32. The van der Waals surface area contributed by atoms with Gasteiger partial charge in [-0.3, -0.25) is 4.79 Å². The summed E-state index contributed by atoms with van der Waals surface area (Å²) in [7, 11) is 1.91. The van der Waals surface area contributed by atoms with Crippen LogP contribution in [0.4, 0.5) is 5.69 Å². The Hall–Kier alpha value is -1.36. The lowest BCUT2D eigenvalue weighted by Gasteiger charge is -2.18. The summed E-state index contributed by atoms with van der Waals surface area (Å²) in [5, 5.41) is 6.84. The van der Waals surface area contributed by atoms with Crippen molar-refractivity contribution in [3.8, 4) is 0 Å². The third kappa shape index (κ3) is 2.84. The topological polar surface area (TPSA) is 41.1 Å². The molecule has 0 radical (unpaired) electrons. The Morgan fingerprint density at radius 1 is 1.24 bits per heavy atom. The number of rotatable bonds is 3. The Labute approximate surface area is 136 Å². The highest BCUT2D eigenvalue weighted by molar-refractivity contribution is 9.10. The van der Waals surface area contributed by atoms with E-state index in [1.165, 1.54) is 0 Å². The molecule has 1 amide bonds. The van der Waals surface area contributed by atoms with E-state index in [-0.39, 0.29) is 11.9 Å². The average Bonchev–Trinajstić information content (AvgIpc) is 2.83. The first kappa shape index (κ1) is 14.6. The van der Waals surface area contributed by atoms with Gasteiger partial charge < -0.3 is 10.6 Å². The van der Waals surface area contributed by atoms with Crippen molar-refractivity contribution in [1.29, 1.82) is 0 Å². The minimum Gasteiger partial charge on any atom is -0.326 e. The zero-order chi connectivity index (χ0) is 15.0. The molecule has 3 nitrogen and oxygen atoms in total. The van der Waals surface area contributed by atoms with Crippen LogP contribution in [0.3, 0.4) is 0 Å². The summed E-state index contributed by atoms with van der Waals surface area (Å²) in [5.41, 5.74) is 4.16. The molecule has 0 aliphatic carbocycles. The summed E-state index contributed by atoms with van der Waals surface area (Å²) in [6.07, 6.45) is 0.445. The van der Waals surface area contributed by atoms with Gasteiger partial charge in [0.2, 0.25) is 5.91 Å². The van der Waals surface area contributed by atoms with Crippen LogP contribution in [0.1, 0.15) is 22.7 Å². The predicted octanol–water partition coefficient (Wildman–Crippen LogP) is 3.91. The van der Waals surface area contributed by atoms with E-state index in [1.807, 2.05) is 37.4 Å². The molecule has 1 aliphatic heterocycles. The lowest BCUT2D eigenvalue weighted by atomic mass is 9.96. The fraction of sp³-hybridized carbons (Fsp3) is 0.188. The van der Waals surface area contributed by atoms with Crippen molar-refractivity contribution >= 4 is 39.1 Å². The second-order valence-corrected chi connectivity index (χ2v) is 6.30. The molecule has 1 aliphatic rings. The van der Waals surface area contributed by atoms with Crippen LogP contribution in [-0.4, -0.2) is 13.0 Å². The monoisotopic (exact) mass is 364 g/mol. The van der Waals surface area contributed by atoms with Gasteiger partial charge in [0.1, 0.15) is 0 Å². The largest absolute Gasteiger partial charge is 0.326 e. The van der Waals surface area contributed by atoms with Gasteiger partial charge in [0.05, 0.1) is 17.5 Å². The summed E-state index contributed by atoms with van der Waals surface area (Å²) < 4.78 is 0.881. The first-order chi connectivity index (χ1) is 10.1. The molecule has 108 valence electrons. The maximum atomic E-state index is 11.5. The van der Waals surface area contributed by atoms with Crippen molar-refractivity contribution in [3.05, 3.63) is 62.6 Å². The second kappa shape index (κ2) is 5.79. The molecule has 0 bridgehead atoms. The number of anilines is 1. The van der Waals surface area contributed by atoms with Crippen molar-refractivity contribution in [1.82, 2.24) is 5.32 Å². The molecule has 1 atom stereocenters. The van der Waals surface area contributed by atoms with Gasteiger partial charge in [0.15, 0.2) is 0 Å². The smallest absolute Gasteiger partial charge is 0.228 e. The third-order valence-electron chi connectivity index (χ3n) is 3.65. The molecule has 1 unspecified atom stereocenters. The number of nitrogens with one attached hydrogen (secondary N) is 2. The number of carbonyl (C=O) groups is 1. The van der Waals surface area contributed by atoms with E-state index in [1.54, 1.807) is 0 Å². The number of hydrogen-bond acceptors (Lipinski definition) is 2. The van der Waals surface area contributed by atoms with Crippen LogP contribution >= 0.6 is 27.5 Å². The molecular weight excluding hydrogens is 352 g/mol. The van der Waals surface area contributed by atoms with Crippen molar-refractivity contribution in [3.63, 3.8) is 0 Å². The van der Waals surface area contributed by atoms with Gasteiger partial charge in [-0.15, -0.1) is 0 Å². The Balaban J connectivity index is 1.98. The van der Waals surface area contributed by atoms with E-state index in [9.17, 15) is 4.79 Å². The van der Waals surface area contributed by atoms with Crippen LogP contribution in [0.5, 0.6) is 0 Å². The summed E-state index contributed by atoms with van der Waals surface area (Å²) in [4.78, 5) is 11.5. The van der Waals surface area contributed by atoms with Crippen molar-refractivity contribution in [2.45, 2.75) is 12.5 Å². The molecule has 0 fully saturated rings. The van der Waals surface area contributed by atoms with E-state index < -0.39 is 0 Å². The number of fused-ring (bicyclic) bond motifs is 1. The van der Waals surface area contributed by atoms with Gasteiger partial charge in [-0.2, -0.15) is 0 Å².